The molecule has 0 unspecified atom stereocenters. The van der Waals surface area contributed by atoms with Crippen LogP contribution in [-0.2, 0) is 4.79 Å². The van der Waals surface area contributed by atoms with Gasteiger partial charge in [-0.1, -0.05) is 0 Å². The highest BCUT2D eigenvalue weighted by molar-refractivity contribution is 6.39. The van der Waals surface area contributed by atoms with Gasteiger partial charge in [-0.2, -0.15) is 0 Å². The maximum Gasteiger partial charge on any atom is 0.586 e. The Morgan fingerprint density at radius 2 is 1.81 bits per heavy atom. The first-order valence-electron chi connectivity index (χ1n) is 4.06. The van der Waals surface area contributed by atoms with Crippen LogP contribution in [0.1, 0.15) is 10.4 Å². The van der Waals surface area contributed by atoms with Gasteiger partial charge in [0.25, 0.3) is 5.78 Å². The lowest BCUT2D eigenvalue weighted by Crippen LogP contribution is -2.25. The fourth-order valence-corrected chi connectivity index (χ4v) is 1.21. The molecule has 0 aliphatic carbocycles. The number of rotatable bonds is 2. The van der Waals surface area contributed by atoms with Crippen LogP contribution in [0.25, 0.3) is 0 Å². The van der Waals surface area contributed by atoms with Crippen molar-refractivity contribution in [3.63, 3.8) is 0 Å². The highest BCUT2D eigenvalue weighted by Gasteiger charge is 2.43. The molecular weight excluding hydrogens is 226 g/mol. The number of alkyl halides is 2. The largest absolute Gasteiger partial charge is 0.586 e. The summed E-state index contributed by atoms with van der Waals surface area (Å²) in [5.74, 6) is -3.49. The Morgan fingerprint density at radius 1 is 1.19 bits per heavy atom. The quantitative estimate of drug-likeness (QED) is 0.611. The number of halogens is 2. The summed E-state index contributed by atoms with van der Waals surface area (Å²) in [6.07, 6.45) is -3.78. The first kappa shape index (κ1) is 10.3. The van der Waals surface area contributed by atoms with Crippen LogP contribution in [0.4, 0.5) is 8.78 Å². The molecule has 1 aliphatic heterocycles. The summed E-state index contributed by atoms with van der Waals surface area (Å²) in [5, 5.41) is 8.42. The van der Waals surface area contributed by atoms with Gasteiger partial charge in [0.05, 0.1) is 0 Å². The fraction of sp³-hybridized carbons (Fsp3) is 0.111. The standard InChI is InChI=1S/C9H4F2O5/c10-9(11)15-5-2-1-4(3-6(5)16-9)7(12)8(13)14/h1-3H,(H,13,14). The average Bonchev–Trinajstić information content (AvgIpc) is 2.48. The molecule has 1 aromatic rings. The number of ether oxygens (including phenoxy) is 2. The van der Waals surface area contributed by atoms with Crippen LogP contribution in [0.5, 0.6) is 11.5 Å². The van der Waals surface area contributed by atoms with Gasteiger partial charge in [0, 0.05) is 5.56 Å². The summed E-state index contributed by atoms with van der Waals surface area (Å²) >= 11 is 0. The Hall–Kier alpha value is -2.18. The van der Waals surface area contributed by atoms with Crippen LogP contribution < -0.4 is 9.47 Å². The molecule has 0 saturated heterocycles. The number of hydrogen-bond donors (Lipinski definition) is 1. The number of hydrogen-bond acceptors (Lipinski definition) is 4. The van der Waals surface area contributed by atoms with E-state index in [9.17, 15) is 18.4 Å². The number of aliphatic carboxylic acids is 1. The molecule has 1 aromatic carbocycles. The Bertz CT molecular complexity index is 483. The van der Waals surface area contributed by atoms with Crippen LogP contribution in [0.15, 0.2) is 18.2 Å². The van der Waals surface area contributed by atoms with Crippen LogP contribution >= 0.6 is 0 Å². The number of carbonyl (C=O) groups excluding carboxylic acids is 1. The highest BCUT2D eigenvalue weighted by atomic mass is 19.3. The molecule has 0 spiro atoms. The van der Waals surface area contributed by atoms with Gasteiger partial charge in [-0.25, -0.2) is 4.79 Å². The second-order valence-electron chi connectivity index (χ2n) is 2.96. The molecule has 1 aliphatic rings. The van der Waals surface area contributed by atoms with Crippen LogP contribution in [-0.4, -0.2) is 23.2 Å². The SMILES string of the molecule is O=C(O)C(=O)c1ccc2c(c1)OC(F)(F)O2. The molecule has 2 rings (SSSR count). The van der Waals surface area contributed by atoms with Gasteiger partial charge in [0.1, 0.15) is 0 Å². The van der Waals surface area contributed by atoms with Crippen molar-refractivity contribution in [2.45, 2.75) is 6.29 Å². The topological polar surface area (TPSA) is 72.8 Å². The van der Waals surface area contributed by atoms with Gasteiger partial charge >= 0.3 is 12.3 Å². The summed E-state index contributed by atoms with van der Waals surface area (Å²) in [6.45, 7) is 0. The predicted octanol–water partition coefficient (Wildman–Crippen LogP) is 1.28. The van der Waals surface area contributed by atoms with Gasteiger partial charge in [0.2, 0.25) is 0 Å². The molecule has 0 aromatic heterocycles. The Balaban J connectivity index is 2.36. The summed E-state index contributed by atoms with van der Waals surface area (Å²) < 4.78 is 33.3. The van der Waals surface area contributed by atoms with Crippen molar-refractivity contribution >= 4 is 11.8 Å². The molecule has 0 fully saturated rings. The van der Waals surface area contributed by atoms with E-state index in [2.05, 4.69) is 9.47 Å². The van der Waals surface area contributed by atoms with Gasteiger partial charge in [0.15, 0.2) is 11.5 Å². The van der Waals surface area contributed by atoms with Crippen LogP contribution in [0.2, 0.25) is 0 Å². The van der Waals surface area contributed by atoms with E-state index < -0.39 is 18.0 Å². The molecule has 1 N–H and O–H groups in total. The monoisotopic (exact) mass is 230 g/mol. The Morgan fingerprint density at radius 3 is 2.44 bits per heavy atom. The minimum absolute atomic E-state index is 0.244. The van der Waals surface area contributed by atoms with Crippen LogP contribution in [0, 0.1) is 0 Å². The Kier molecular flexibility index (Phi) is 2.04. The van der Waals surface area contributed by atoms with Crippen molar-refractivity contribution in [2.24, 2.45) is 0 Å². The van der Waals surface area contributed by atoms with E-state index in [-0.39, 0.29) is 17.1 Å². The summed E-state index contributed by atoms with van der Waals surface area (Å²) in [4.78, 5) is 21.4. The lowest BCUT2D eigenvalue weighted by atomic mass is 10.1. The first-order chi connectivity index (χ1) is 7.39. The van der Waals surface area contributed by atoms with Gasteiger partial charge in [-0.05, 0) is 18.2 Å². The molecule has 0 bridgehead atoms. The van der Waals surface area contributed by atoms with Crippen molar-refractivity contribution in [3.8, 4) is 11.5 Å². The lowest BCUT2D eigenvalue weighted by molar-refractivity contribution is -0.286. The fourth-order valence-electron chi connectivity index (χ4n) is 1.21. The van der Waals surface area contributed by atoms with E-state index in [1.165, 1.54) is 0 Å². The minimum Gasteiger partial charge on any atom is -0.475 e. The molecule has 0 radical (unpaired) electrons. The number of benzene rings is 1. The van der Waals surface area contributed by atoms with Crippen molar-refractivity contribution in [1.82, 2.24) is 0 Å². The summed E-state index contributed by atoms with van der Waals surface area (Å²) in [6, 6.07) is 3.01. The molecule has 5 nitrogen and oxygen atoms in total. The zero-order valence-corrected chi connectivity index (χ0v) is 7.57. The lowest BCUT2D eigenvalue weighted by Gasteiger charge is -2.04. The molecular formula is C9H4F2O5. The summed E-state index contributed by atoms with van der Waals surface area (Å²) in [5.41, 5.74) is -0.257. The average molecular weight is 230 g/mol. The van der Waals surface area contributed by atoms with Crippen molar-refractivity contribution < 1.29 is 33.0 Å². The van der Waals surface area contributed by atoms with E-state index in [4.69, 9.17) is 5.11 Å². The molecule has 0 atom stereocenters. The van der Waals surface area contributed by atoms with E-state index in [1.807, 2.05) is 0 Å². The van der Waals surface area contributed by atoms with Gasteiger partial charge in [-0.3, -0.25) is 4.79 Å². The van der Waals surface area contributed by atoms with Gasteiger partial charge < -0.3 is 14.6 Å². The van der Waals surface area contributed by atoms with Gasteiger partial charge in [-0.15, -0.1) is 8.78 Å². The molecule has 1 heterocycles. The first-order valence-corrected chi connectivity index (χ1v) is 4.06. The third kappa shape index (κ3) is 1.67. The number of carboxylic acid groups (broad SMARTS) is 1. The predicted molar refractivity (Wildman–Crippen MR) is 44.6 cm³/mol. The third-order valence-electron chi connectivity index (χ3n) is 1.86. The maximum absolute atomic E-state index is 12.6. The molecule has 0 saturated carbocycles. The normalized spacial score (nSPS) is 15.9. The van der Waals surface area contributed by atoms with E-state index in [1.54, 1.807) is 0 Å². The number of fused-ring (bicyclic) bond motifs is 1. The smallest absolute Gasteiger partial charge is 0.475 e. The van der Waals surface area contributed by atoms with Crippen molar-refractivity contribution in [1.29, 1.82) is 0 Å². The number of carbonyl (C=O) groups is 2. The number of carboxylic acids is 1. The van der Waals surface area contributed by atoms with Crippen LogP contribution in [0.3, 0.4) is 0 Å². The molecule has 7 heteroatoms. The Labute approximate surface area is 87.2 Å². The second-order valence-corrected chi connectivity index (χ2v) is 2.96. The van der Waals surface area contributed by atoms with E-state index in [0.717, 1.165) is 18.2 Å². The van der Waals surface area contributed by atoms with E-state index >= 15 is 0 Å². The summed E-state index contributed by atoms with van der Waals surface area (Å²) in [7, 11) is 0. The van der Waals surface area contributed by atoms with Crippen molar-refractivity contribution in [2.75, 3.05) is 0 Å². The maximum atomic E-state index is 12.6. The molecule has 16 heavy (non-hydrogen) atoms. The van der Waals surface area contributed by atoms with Crippen molar-refractivity contribution in [3.05, 3.63) is 23.8 Å². The highest BCUT2D eigenvalue weighted by Crippen LogP contribution is 2.41. The second kappa shape index (κ2) is 3.16. The molecule has 0 amide bonds. The van der Waals surface area contributed by atoms with E-state index in [0.29, 0.717) is 0 Å². The minimum atomic E-state index is -3.78. The molecule has 84 valence electrons. The third-order valence-corrected chi connectivity index (χ3v) is 1.86. The number of ketones is 1. The number of Topliss-reactive ketones (excluding diaryl/α,β-unsaturated/α-hetero) is 1. The zero-order chi connectivity index (χ0) is 11.9. The zero-order valence-electron chi connectivity index (χ0n) is 7.57.